The largest absolute Gasteiger partial charge is 0.481 e. The maximum Gasteiger partial charge on any atom is 0.310 e. The van der Waals surface area contributed by atoms with Crippen LogP contribution < -0.4 is 11.1 Å². The molecule has 0 aliphatic rings. The van der Waals surface area contributed by atoms with Crippen molar-refractivity contribution in [3.05, 3.63) is 36.0 Å². The lowest BCUT2D eigenvalue weighted by Crippen LogP contribution is -2.39. The van der Waals surface area contributed by atoms with Crippen LogP contribution >= 0.6 is 0 Å². The van der Waals surface area contributed by atoms with E-state index in [4.69, 9.17) is 10.8 Å². The van der Waals surface area contributed by atoms with Gasteiger partial charge in [0.05, 0.1) is 10.9 Å². The number of anilines is 1. The van der Waals surface area contributed by atoms with E-state index in [9.17, 15) is 9.59 Å². The van der Waals surface area contributed by atoms with E-state index in [0.29, 0.717) is 11.2 Å². The number of carboxylic acids is 1. The van der Waals surface area contributed by atoms with Crippen LogP contribution in [0.3, 0.4) is 0 Å². The first-order valence-electron chi connectivity index (χ1n) is 6.48. The van der Waals surface area contributed by atoms with E-state index in [0.717, 1.165) is 5.39 Å². The molecule has 0 fully saturated rings. The summed E-state index contributed by atoms with van der Waals surface area (Å²) in [6, 6.07) is 8.74. The van der Waals surface area contributed by atoms with Gasteiger partial charge < -0.3 is 16.2 Å². The zero-order chi connectivity index (χ0) is 15.6. The van der Waals surface area contributed by atoms with Gasteiger partial charge in [-0.1, -0.05) is 18.2 Å². The third-order valence-electron chi connectivity index (χ3n) is 3.25. The van der Waals surface area contributed by atoms with Gasteiger partial charge in [-0.3, -0.25) is 9.59 Å². The Hall–Kier alpha value is -2.63. The first-order chi connectivity index (χ1) is 9.81. The van der Waals surface area contributed by atoms with Crippen LogP contribution in [0.25, 0.3) is 10.9 Å². The molecule has 4 N–H and O–H groups in total. The van der Waals surface area contributed by atoms with Crippen LogP contribution in [0.15, 0.2) is 30.3 Å². The number of carbonyl (C=O) groups is 2. The van der Waals surface area contributed by atoms with Gasteiger partial charge in [0.15, 0.2) is 0 Å². The van der Waals surface area contributed by atoms with Crippen molar-refractivity contribution in [3.63, 3.8) is 0 Å². The van der Waals surface area contributed by atoms with Crippen LogP contribution in [0.5, 0.6) is 0 Å². The highest BCUT2D eigenvalue weighted by atomic mass is 16.4. The van der Waals surface area contributed by atoms with Gasteiger partial charge in [0.25, 0.3) is 5.91 Å². The van der Waals surface area contributed by atoms with Crippen molar-refractivity contribution in [3.8, 4) is 0 Å². The molecule has 21 heavy (non-hydrogen) atoms. The van der Waals surface area contributed by atoms with E-state index in [1.807, 2.05) is 18.2 Å². The van der Waals surface area contributed by atoms with E-state index in [1.54, 1.807) is 6.07 Å². The number of benzene rings is 1. The number of carboxylic acid groups (broad SMARTS) is 1. The Morgan fingerprint density at radius 1 is 1.33 bits per heavy atom. The predicted octanol–water partition coefficient (Wildman–Crippen LogP) is 1.66. The fourth-order valence-corrected chi connectivity index (χ4v) is 1.79. The lowest BCUT2D eigenvalue weighted by Gasteiger charge is -2.19. The first-order valence-corrected chi connectivity index (χ1v) is 6.48. The van der Waals surface area contributed by atoms with E-state index in [-0.39, 0.29) is 12.2 Å². The Balaban J connectivity index is 2.22. The van der Waals surface area contributed by atoms with Crippen LogP contribution in [0.4, 0.5) is 5.69 Å². The number of para-hydroxylation sites is 1. The minimum atomic E-state index is -1.04. The monoisotopic (exact) mass is 287 g/mol. The summed E-state index contributed by atoms with van der Waals surface area (Å²) in [4.78, 5) is 27.3. The molecule has 6 nitrogen and oxygen atoms in total. The predicted molar refractivity (Wildman–Crippen MR) is 79.9 cm³/mol. The third kappa shape index (κ3) is 3.10. The van der Waals surface area contributed by atoms with Crippen molar-refractivity contribution in [2.24, 2.45) is 5.41 Å². The number of rotatable bonds is 4. The summed E-state index contributed by atoms with van der Waals surface area (Å²) in [5.74, 6) is -1.42. The van der Waals surface area contributed by atoms with Gasteiger partial charge in [0, 0.05) is 17.6 Å². The van der Waals surface area contributed by atoms with Crippen LogP contribution in [-0.2, 0) is 4.79 Å². The fraction of sp³-hybridized carbons (Fsp3) is 0.267. The molecule has 1 aromatic heterocycles. The summed E-state index contributed by atoms with van der Waals surface area (Å²) in [6.07, 6.45) is 0. The van der Waals surface area contributed by atoms with E-state index in [1.165, 1.54) is 19.9 Å². The van der Waals surface area contributed by atoms with E-state index < -0.39 is 17.3 Å². The topological polar surface area (TPSA) is 105 Å². The normalized spacial score (nSPS) is 11.3. The highest BCUT2D eigenvalue weighted by molar-refractivity contribution is 5.99. The summed E-state index contributed by atoms with van der Waals surface area (Å²) >= 11 is 0. The molecular formula is C15H17N3O3. The van der Waals surface area contributed by atoms with Gasteiger partial charge in [-0.15, -0.1) is 0 Å². The van der Waals surface area contributed by atoms with Crippen LogP contribution in [0.2, 0.25) is 0 Å². The van der Waals surface area contributed by atoms with Crippen LogP contribution in [-0.4, -0.2) is 28.5 Å². The van der Waals surface area contributed by atoms with Crippen molar-refractivity contribution in [2.75, 3.05) is 12.3 Å². The highest BCUT2D eigenvalue weighted by Crippen LogP contribution is 2.20. The maximum absolute atomic E-state index is 12.1. The van der Waals surface area contributed by atoms with Crippen LogP contribution in [0.1, 0.15) is 24.3 Å². The van der Waals surface area contributed by atoms with Gasteiger partial charge in [-0.2, -0.15) is 0 Å². The molecule has 0 saturated carbocycles. The second kappa shape index (κ2) is 5.40. The second-order valence-corrected chi connectivity index (χ2v) is 5.49. The number of nitrogens with zero attached hydrogens (tertiary/aromatic N) is 1. The number of nitrogens with one attached hydrogen (secondary N) is 1. The number of aliphatic carboxylic acids is 1. The molecule has 110 valence electrons. The Morgan fingerprint density at radius 3 is 2.67 bits per heavy atom. The molecule has 0 saturated heterocycles. The van der Waals surface area contributed by atoms with Gasteiger partial charge in [0.2, 0.25) is 0 Å². The number of nitrogens with two attached hydrogens (primary N) is 1. The Labute approximate surface area is 122 Å². The molecule has 1 amide bonds. The quantitative estimate of drug-likeness (QED) is 0.793. The maximum atomic E-state index is 12.1. The molecule has 1 heterocycles. The van der Waals surface area contributed by atoms with Crippen molar-refractivity contribution in [1.29, 1.82) is 0 Å². The Kier molecular flexibility index (Phi) is 3.80. The highest BCUT2D eigenvalue weighted by Gasteiger charge is 2.28. The number of fused-ring (bicyclic) bond motifs is 1. The SMILES string of the molecule is CC(C)(CNC(=O)c1cc(N)c2ccccc2n1)C(=O)O. The summed E-state index contributed by atoms with van der Waals surface area (Å²) in [5.41, 5.74) is 6.13. The lowest BCUT2D eigenvalue weighted by atomic mass is 9.94. The number of pyridine rings is 1. The minimum absolute atomic E-state index is 0.00950. The molecule has 0 unspecified atom stereocenters. The molecular weight excluding hydrogens is 270 g/mol. The Morgan fingerprint density at radius 2 is 2.00 bits per heavy atom. The zero-order valence-electron chi connectivity index (χ0n) is 11.9. The molecule has 0 atom stereocenters. The molecule has 0 aliphatic heterocycles. The average Bonchev–Trinajstić information content (AvgIpc) is 2.44. The van der Waals surface area contributed by atoms with Crippen LogP contribution in [0, 0.1) is 5.41 Å². The molecule has 0 radical (unpaired) electrons. The molecule has 1 aromatic carbocycles. The standard InChI is InChI=1S/C15H17N3O3/c1-15(2,14(20)21)8-17-13(19)12-7-10(16)9-5-3-4-6-11(9)18-12/h3-7H,8H2,1-2H3,(H2,16,18)(H,17,19)(H,20,21). The second-order valence-electron chi connectivity index (χ2n) is 5.49. The number of carbonyl (C=O) groups excluding carboxylic acids is 1. The molecule has 0 bridgehead atoms. The number of aromatic nitrogens is 1. The number of hydrogen-bond acceptors (Lipinski definition) is 4. The van der Waals surface area contributed by atoms with Crippen molar-refractivity contribution in [2.45, 2.75) is 13.8 Å². The summed E-state index contributed by atoms with van der Waals surface area (Å²) in [6.45, 7) is 3.09. The van der Waals surface area contributed by atoms with Crippen molar-refractivity contribution >= 4 is 28.5 Å². The summed E-state index contributed by atoms with van der Waals surface area (Å²) in [7, 11) is 0. The van der Waals surface area contributed by atoms with Gasteiger partial charge >= 0.3 is 5.97 Å². The molecule has 2 rings (SSSR count). The van der Waals surface area contributed by atoms with Crippen molar-refractivity contribution < 1.29 is 14.7 Å². The van der Waals surface area contributed by atoms with Gasteiger partial charge in [-0.25, -0.2) is 4.98 Å². The summed E-state index contributed by atoms with van der Waals surface area (Å²) in [5, 5.41) is 12.4. The van der Waals surface area contributed by atoms with Crippen molar-refractivity contribution in [1.82, 2.24) is 10.3 Å². The number of nitrogen functional groups attached to an aromatic ring is 1. The van der Waals surface area contributed by atoms with E-state index >= 15 is 0 Å². The minimum Gasteiger partial charge on any atom is -0.481 e. The fourth-order valence-electron chi connectivity index (χ4n) is 1.79. The molecule has 6 heteroatoms. The molecule has 0 aliphatic carbocycles. The smallest absolute Gasteiger partial charge is 0.310 e. The first kappa shape index (κ1) is 14.8. The van der Waals surface area contributed by atoms with E-state index in [2.05, 4.69) is 10.3 Å². The average molecular weight is 287 g/mol. The van der Waals surface area contributed by atoms with Gasteiger partial charge in [0.1, 0.15) is 5.69 Å². The number of hydrogen-bond donors (Lipinski definition) is 3. The Bertz CT molecular complexity index is 710. The molecule has 0 spiro atoms. The van der Waals surface area contributed by atoms with Gasteiger partial charge in [-0.05, 0) is 26.0 Å². The number of amides is 1. The molecule has 2 aromatic rings. The lowest BCUT2D eigenvalue weighted by molar-refractivity contribution is -0.146. The summed E-state index contributed by atoms with van der Waals surface area (Å²) < 4.78 is 0. The zero-order valence-corrected chi connectivity index (χ0v) is 11.9. The third-order valence-corrected chi connectivity index (χ3v) is 3.25.